The van der Waals surface area contributed by atoms with Crippen molar-refractivity contribution < 1.29 is 43.2 Å². The lowest BCUT2D eigenvalue weighted by atomic mass is 9.94. The number of esters is 2. The maximum absolute atomic E-state index is 13.8. The molecule has 2 aromatic carbocycles. The van der Waals surface area contributed by atoms with E-state index in [4.69, 9.17) is 23.7 Å². The maximum atomic E-state index is 13.8. The number of unbranched alkanes of at least 4 members (excludes halogenated alkanes) is 14. The summed E-state index contributed by atoms with van der Waals surface area (Å²) >= 11 is 0. The van der Waals surface area contributed by atoms with Gasteiger partial charge in [0.05, 0.1) is 13.0 Å². The second-order valence-corrected chi connectivity index (χ2v) is 17.1. The van der Waals surface area contributed by atoms with Crippen molar-refractivity contribution in [3.63, 3.8) is 0 Å². The molecular weight excluding hydrogens is 747 g/mol. The third kappa shape index (κ3) is 19.3. The Hall–Kier alpha value is -3.31. The number of aliphatic hydroxyl groups excluding tert-OH is 1. The number of aliphatic hydroxyl groups is 1. The number of rotatable bonds is 29. The number of carbonyl (C=O) groups excluding carboxylic acids is 3. The largest absolute Gasteiger partial charge is 0.462 e. The highest BCUT2D eigenvalue weighted by Gasteiger charge is 2.53. The molecular formula is C49H75NO9. The van der Waals surface area contributed by atoms with Gasteiger partial charge in [-0.05, 0) is 76.3 Å². The van der Waals surface area contributed by atoms with Gasteiger partial charge in [-0.25, -0.2) is 0 Å². The molecule has 10 nitrogen and oxygen atoms in total. The maximum Gasteiger partial charge on any atom is 0.306 e. The fourth-order valence-corrected chi connectivity index (χ4v) is 8.12. The molecule has 59 heavy (non-hydrogen) atoms. The molecule has 0 radical (unpaired) electrons. The van der Waals surface area contributed by atoms with Gasteiger partial charge in [0.1, 0.15) is 24.4 Å². The lowest BCUT2D eigenvalue weighted by Crippen LogP contribution is -2.69. The first-order chi connectivity index (χ1) is 28.6. The molecule has 0 saturated carbocycles. The predicted molar refractivity (Wildman–Crippen MR) is 230 cm³/mol. The monoisotopic (exact) mass is 822 g/mol. The first-order valence-electron chi connectivity index (χ1n) is 23.0. The highest BCUT2D eigenvalue weighted by atomic mass is 16.7. The first kappa shape index (κ1) is 48.4. The van der Waals surface area contributed by atoms with Crippen LogP contribution in [0.5, 0.6) is 0 Å². The van der Waals surface area contributed by atoms with Gasteiger partial charge in [0.2, 0.25) is 5.91 Å². The summed E-state index contributed by atoms with van der Waals surface area (Å²) < 4.78 is 29.9. The van der Waals surface area contributed by atoms with E-state index in [2.05, 4.69) is 48.6 Å². The number of fused-ring (bicyclic) bond motifs is 1. The number of hydrogen-bond acceptors (Lipinski definition) is 9. The normalized spacial score (nSPS) is 21.6. The first-order valence-corrected chi connectivity index (χ1v) is 23.0. The van der Waals surface area contributed by atoms with Crippen LogP contribution in [-0.4, -0.2) is 72.1 Å². The van der Waals surface area contributed by atoms with E-state index in [1.807, 2.05) is 24.3 Å². The average molecular weight is 822 g/mol. The number of amides is 1. The molecule has 2 aliphatic rings. The molecule has 4 rings (SSSR count). The van der Waals surface area contributed by atoms with Crippen LogP contribution < -0.4 is 5.32 Å². The summed E-state index contributed by atoms with van der Waals surface area (Å²) in [6.07, 6.45) is 16.3. The van der Waals surface area contributed by atoms with Crippen molar-refractivity contribution in [1.29, 1.82) is 0 Å². The van der Waals surface area contributed by atoms with E-state index in [1.165, 1.54) is 49.7 Å². The van der Waals surface area contributed by atoms with Crippen LogP contribution in [0.1, 0.15) is 167 Å². The van der Waals surface area contributed by atoms with Crippen LogP contribution in [0.3, 0.4) is 0 Å². The molecule has 2 aromatic rings. The van der Waals surface area contributed by atoms with Crippen molar-refractivity contribution in [2.45, 2.75) is 211 Å². The van der Waals surface area contributed by atoms with Gasteiger partial charge in [-0.3, -0.25) is 14.4 Å². The topological polar surface area (TPSA) is 130 Å². The molecule has 330 valence electrons. The lowest BCUT2D eigenvalue weighted by Gasteiger charge is -2.49. The van der Waals surface area contributed by atoms with Crippen molar-refractivity contribution >= 4 is 17.8 Å². The fraction of sp³-hybridized carbons (Fsp3) is 0.694. The zero-order valence-electron chi connectivity index (χ0n) is 36.4. The van der Waals surface area contributed by atoms with Crippen LogP contribution in [0.15, 0.2) is 60.7 Å². The van der Waals surface area contributed by atoms with Crippen LogP contribution in [0, 0.1) is 0 Å². The van der Waals surface area contributed by atoms with E-state index in [-0.39, 0.29) is 25.4 Å². The van der Waals surface area contributed by atoms with Gasteiger partial charge < -0.3 is 34.1 Å². The van der Waals surface area contributed by atoms with Crippen molar-refractivity contribution in [3.05, 3.63) is 71.8 Å². The molecule has 0 unspecified atom stereocenters. The Morgan fingerprint density at radius 2 is 1.25 bits per heavy atom. The molecule has 2 saturated heterocycles. The van der Waals surface area contributed by atoms with E-state index >= 15 is 0 Å². The molecule has 2 fully saturated rings. The van der Waals surface area contributed by atoms with Gasteiger partial charge >= 0.3 is 11.9 Å². The molecule has 0 aliphatic carbocycles. The van der Waals surface area contributed by atoms with Crippen LogP contribution in [0.4, 0.5) is 0 Å². The Morgan fingerprint density at radius 1 is 0.729 bits per heavy atom. The minimum Gasteiger partial charge on any atom is -0.462 e. The molecule has 2 heterocycles. The zero-order valence-corrected chi connectivity index (χ0v) is 36.4. The number of hydrogen-bond donors (Lipinski definition) is 2. The minimum absolute atomic E-state index is 0.0732. The van der Waals surface area contributed by atoms with Crippen molar-refractivity contribution in [2.75, 3.05) is 6.61 Å². The third-order valence-corrected chi connectivity index (χ3v) is 11.5. The number of aryl methyl sites for hydroxylation is 2. The summed E-state index contributed by atoms with van der Waals surface area (Å²) in [4.78, 5) is 40.2. The number of carbonyl (C=O) groups is 3. The molecule has 0 aromatic heterocycles. The van der Waals surface area contributed by atoms with Crippen LogP contribution in [0.2, 0.25) is 0 Å². The summed E-state index contributed by atoms with van der Waals surface area (Å²) in [7, 11) is 0. The van der Waals surface area contributed by atoms with Gasteiger partial charge in [0.15, 0.2) is 18.2 Å². The van der Waals surface area contributed by atoms with Crippen LogP contribution in [0.25, 0.3) is 0 Å². The Kier molecular flexibility index (Phi) is 22.6. The average Bonchev–Trinajstić information content (AvgIpc) is 3.22. The van der Waals surface area contributed by atoms with Gasteiger partial charge in [-0.15, -0.1) is 0 Å². The number of nitrogens with one attached hydrogen (secondary N) is 1. The highest BCUT2D eigenvalue weighted by Crippen LogP contribution is 2.34. The van der Waals surface area contributed by atoms with Gasteiger partial charge in [-0.1, -0.05) is 145 Å². The van der Waals surface area contributed by atoms with Crippen molar-refractivity contribution in [1.82, 2.24) is 5.32 Å². The smallest absolute Gasteiger partial charge is 0.306 e. The van der Waals surface area contributed by atoms with Gasteiger partial charge in [-0.2, -0.15) is 0 Å². The third-order valence-electron chi connectivity index (χ3n) is 11.5. The van der Waals surface area contributed by atoms with E-state index < -0.39 is 54.4 Å². The van der Waals surface area contributed by atoms with E-state index in [9.17, 15) is 19.5 Å². The van der Waals surface area contributed by atoms with Crippen LogP contribution in [-0.2, 0) is 50.9 Å². The van der Waals surface area contributed by atoms with Crippen molar-refractivity contribution in [3.8, 4) is 0 Å². The Balaban J connectivity index is 1.30. The van der Waals surface area contributed by atoms with Gasteiger partial charge in [0, 0.05) is 12.8 Å². The molecule has 1 amide bonds. The Bertz CT molecular complexity index is 1450. The summed E-state index contributed by atoms with van der Waals surface area (Å²) in [5, 5.41) is 14.1. The quantitative estimate of drug-likeness (QED) is 0.0609. The second kappa shape index (κ2) is 27.5. The molecule has 0 spiro atoms. The van der Waals surface area contributed by atoms with Gasteiger partial charge in [0.25, 0.3) is 0 Å². The second-order valence-electron chi connectivity index (χ2n) is 17.1. The lowest BCUT2D eigenvalue weighted by molar-refractivity contribution is -0.365. The molecule has 0 bridgehead atoms. The molecule has 6 atom stereocenters. The molecule has 2 aliphatic heterocycles. The number of benzene rings is 2. The SMILES string of the molecule is CCCCCCCCCCC[C@@H](CC(=O)N[C@@H]1[C@@H](OC(=O)CCCCCCc2ccccc2)[C@@H]2OC(C)(C)OC[C@H]2O[C@H]1O)OC(=O)CCCCCCc1ccccc1. The van der Waals surface area contributed by atoms with Crippen molar-refractivity contribution in [2.24, 2.45) is 0 Å². The number of ether oxygens (including phenoxy) is 5. The van der Waals surface area contributed by atoms with Crippen LogP contribution >= 0.6 is 0 Å². The predicted octanol–water partition coefficient (Wildman–Crippen LogP) is 9.86. The van der Waals surface area contributed by atoms with E-state index in [0.29, 0.717) is 19.3 Å². The summed E-state index contributed by atoms with van der Waals surface area (Å²) in [6, 6.07) is 19.7. The Labute approximate surface area is 354 Å². The molecule has 10 heteroatoms. The highest BCUT2D eigenvalue weighted by molar-refractivity contribution is 5.78. The minimum atomic E-state index is -1.47. The summed E-state index contributed by atoms with van der Waals surface area (Å²) in [5.41, 5.74) is 2.63. The summed E-state index contributed by atoms with van der Waals surface area (Å²) in [6.45, 7) is 5.90. The summed E-state index contributed by atoms with van der Waals surface area (Å²) in [5.74, 6) is -2.12. The van der Waals surface area contributed by atoms with E-state index in [1.54, 1.807) is 13.8 Å². The zero-order chi connectivity index (χ0) is 42.1. The Morgan fingerprint density at radius 3 is 1.85 bits per heavy atom. The fourth-order valence-electron chi connectivity index (χ4n) is 8.12. The van der Waals surface area contributed by atoms with E-state index in [0.717, 1.165) is 77.0 Å². The standard InChI is InChI=1S/C49H75NO9/c1-4-5-6-7-8-9-10-11-24-33-40(56-43(52)34-25-14-12-18-27-38-29-20-16-21-30-38)36-42(51)50-45-47(46-41(57-48(45)54)37-55-49(2,3)59-46)58-44(53)35-26-15-13-19-28-39-31-22-17-23-32-39/h16-17,20-23,29-32,40-41,45-48,54H,4-15,18-19,24-28,33-37H2,1-3H3,(H,50,51)/t40-,41+,45+,46+,47+,48+/m0/s1. The molecule has 2 N–H and O–H groups in total.